The molecule has 1 aliphatic heterocycles. The van der Waals surface area contributed by atoms with Gasteiger partial charge in [0, 0.05) is 31.6 Å². The van der Waals surface area contributed by atoms with Crippen molar-refractivity contribution >= 4 is 38.2 Å². The number of nitrogens with one attached hydrogen (secondary N) is 2. The molecule has 2 atom stereocenters. The van der Waals surface area contributed by atoms with Gasteiger partial charge in [-0.25, -0.2) is 18.1 Å². The minimum absolute atomic E-state index is 0.143. The number of hydrogen-bond donors (Lipinski definition) is 2. The molecule has 0 radical (unpaired) electrons. The molecule has 2 unspecified atom stereocenters. The lowest BCUT2D eigenvalue weighted by molar-refractivity contribution is 0.0949. The molecule has 200 valence electrons. The van der Waals surface area contributed by atoms with E-state index in [9.17, 15) is 13.2 Å². The summed E-state index contributed by atoms with van der Waals surface area (Å²) < 4.78 is 28.4. The van der Waals surface area contributed by atoms with Gasteiger partial charge in [-0.3, -0.25) is 4.79 Å². The van der Waals surface area contributed by atoms with Gasteiger partial charge in [-0.1, -0.05) is 33.3 Å². The van der Waals surface area contributed by atoms with E-state index in [1.54, 1.807) is 35.6 Å². The number of piperidine rings is 1. The molecule has 3 aromatic rings. The van der Waals surface area contributed by atoms with Crippen LogP contribution in [0.15, 0.2) is 46.7 Å². The van der Waals surface area contributed by atoms with Gasteiger partial charge in [-0.15, -0.1) is 11.3 Å². The van der Waals surface area contributed by atoms with Crippen LogP contribution >= 0.6 is 11.3 Å². The Kier molecular flexibility index (Phi) is 9.34. The molecule has 0 bridgehead atoms. The van der Waals surface area contributed by atoms with Crippen molar-refractivity contribution in [2.75, 3.05) is 32.7 Å². The molecule has 4 rings (SSSR count). The largest absolute Gasteiger partial charge is 0.352 e. The quantitative estimate of drug-likeness (QED) is 0.328. The third-order valence-electron chi connectivity index (χ3n) is 6.81. The topological polar surface area (TPSA) is 91.4 Å². The molecular weight excluding hydrogens is 504 g/mol. The summed E-state index contributed by atoms with van der Waals surface area (Å²) >= 11 is 1.56. The number of rotatable bonds is 11. The second-order valence-electron chi connectivity index (χ2n) is 10.3. The number of likely N-dealkylation sites (tertiary alicyclic amines) is 1. The van der Waals surface area contributed by atoms with Crippen LogP contribution in [0, 0.1) is 11.8 Å². The van der Waals surface area contributed by atoms with Gasteiger partial charge >= 0.3 is 0 Å². The Morgan fingerprint density at radius 2 is 1.89 bits per heavy atom. The number of fused-ring (bicyclic) bond motifs is 1. The average molecular weight is 543 g/mol. The highest BCUT2D eigenvalue weighted by Crippen LogP contribution is 2.29. The molecule has 2 aromatic heterocycles. The van der Waals surface area contributed by atoms with Crippen LogP contribution < -0.4 is 10.0 Å². The van der Waals surface area contributed by atoms with E-state index < -0.39 is 10.0 Å². The number of carbonyl (C=O) groups is 1. The van der Waals surface area contributed by atoms with Crippen LogP contribution in [-0.2, 0) is 10.0 Å². The molecule has 2 N–H and O–H groups in total. The number of sulfonamides is 1. The summed E-state index contributed by atoms with van der Waals surface area (Å²) in [6.45, 7) is 10.7. The number of aromatic nitrogens is 1. The minimum Gasteiger partial charge on any atom is -0.352 e. The highest BCUT2D eigenvalue weighted by molar-refractivity contribution is 7.89. The Bertz CT molecular complexity index is 1300. The van der Waals surface area contributed by atoms with Crippen molar-refractivity contribution in [2.24, 2.45) is 11.8 Å². The van der Waals surface area contributed by atoms with Gasteiger partial charge in [0.2, 0.25) is 10.0 Å². The summed E-state index contributed by atoms with van der Waals surface area (Å²) in [5.41, 5.74) is 1.75. The third-order valence-corrected chi connectivity index (χ3v) is 9.16. The highest BCUT2D eigenvalue weighted by atomic mass is 32.2. The summed E-state index contributed by atoms with van der Waals surface area (Å²) in [6, 6.07) is 10.5. The van der Waals surface area contributed by atoms with Crippen LogP contribution in [0.5, 0.6) is 0 Å². The Morgan fingerprint density at radius 3 is 2.59 bits per heavy atom. The zero-order valence-electron chi connectivity index (χ0n) is 22.0. The molecule has 0 saturated carbocycles. The van der Waals surface area contributed by atoms with E-state index in [-0.39, 0.29) is 10.8 Å². The Morgan fingerprint density at radius 1 is 1.11 bits per heavy atom. The van der Waals surface area contributed by atoms with E-state index in [0.717, 1.165) is 43.8 Å². The van der Waals surface area contributed by atoms with Crippen molar-refractivity contribution in [3.05, 3.63) is 47.3 Å². The van der Waals surface area contributed by atoms with Crippen LogP contribution in [0.3, 0.4) is 0 Å². The molecular formula is C28H38N4O3S2. The lowest BCUT2D eigenvalue weighted by Crippen LogP contribution is -2.40. The van der Waals surface area contributed by atoms with E-state index in [1.165, 1.54) is 6.42 Å². The molecule has 9 heteroatoms. The SMILES string of the molecule is CCCCNS(=O)(=O)c1ccc2nc(-c3cccs3)cc(C(=O)NCCCN3CC(C)CC(C)C3)c2c1. The zero-order chi connectivity index (χ0) is 26.4. The average Bonchev–Trinajstić information content (AvgIpc) is 3.40. The van der Waals surface area contributed by atoms with E-state index in [4.69, 9.17) is 4.98 Å². The Hall–Kier alpha value is -2.33. The number of pyridine rings is 1. The van der Waals surface area contributed by atoms with E-state index in [1.807, 2.05) is 24.4 Å². The number of carbonyl (C=O) groups excluding carboxylic acids is 1. The van der Waals surface area contributed by atoms with Gasteiger partial charge in [0.05, 0.1) is 26.5 Å². The molecule has 1 aliphatic rings. The number of nitrogens with zero attached hydrogens (tertiary/aromatic N) is 2. The second kappa shape index (κ2) is 12.5. The predicted molar refractivity (Wildman–Crippen MR) is 151 cm³/mol. The number of amides is 1. The third kappa shape index (κ3) is 7.16. The summed E-state index contributed by atoms with van der Waals surface area (Å²) in [5.74, 6) is 1.21. The maximum Gasteiger partial charge on any atom is 0.252 e. The normalized spacial score (nSPS) is 18.8. The van der Waals surface area contributed by atoms with E-state index >= 15 is 0 Å². The van der Waals surface area contributed by atoms with Crippen molar-refractivity contribution in [1.29, 1.82) is 0 Å². The number of thiophene rings is 1. The van der Waals surface area contributed by atoms with Crippen molar-refractivity contribution in [3.8, 4) is 10.6 Å². The minimum atomic E-state index is -3.68. The monoisotopic (exact) mass is 542 g/mol. The van der Waals surface area contributed by atoms with Crippen molar-refractivity contribution in [1.82, 2.24) is 19.9 Å². The molecule has 1 saturated heterocycles. The summed E-state index contributed by atoms with van der Waals surface area (Å²) in [6.07, 6.45) is 3.81. The molecule has 3 heterocycles. The van der Waals surface area contributed by atoms with E-state index in [0.29, 0.717) is 47.1 Å². The first-order chi connectivity index (χ1) is 17.8. The highest BCUT2D eigenvalue weighted by Gasteiger charge is 2.22. The van der Waals surface area contributed by atoms with Crippen molar-refractivity contribution in [2.45, 2.75) is 51.3 Å². The van der Waals surface area contributed by atoms with Gasteiger partial charge in [0.1, 0.15) is 0 Å². The summed E-state index contributed by atoms with van der Waals surface area (Å²) in [4.78, 5) is 21.7. The fourth-order valence-electron chi connectivity index (χ4n) is 5.15. The lowest BCUT2D eigenvalue weighted by Gasteiger charge is -2.34. The van der Waals surface area contributed by atoms with Crippen LogP contribution in [-0.4, -0.2) is 56.9 Å². The summed E-state index contributed by atoms with van der Waals surface area (Å²) in [7, 11) is -3.68. The number of unbranched alkanes of at least 4 members (excludes halogenated alkanes) is 1. The first kappa shape index (κ1) is 27.7. The fraction of sp³-hybridized carbons (Fsp3) is 0.500. The molecule has 0 spiro atoms. The zero-order valence-corrected chi connectivity index (χ0v) is 23.6. The Balaban J connectivity index is 1.55. The first-order valence-electron chi connectivity index (χ1n) is 13.3. The molecule has 1 aromatic carbocycles. The van der Waals surface area contributed by atoms with Gasteiger partial charge in [-0.05, 0) is 73.4 Å². The van der Waals surface area contributed by atoms with Crippen LogP contribution in [0.1, 0.15) is 56.8 Å². The number of hydrogen-bond acceptors (Lipinski definition) is 6. The second-order valence-corrected chi connectivity index (χ2v) is 13.0. The van der Waals surface area contributed by atoms with Gasteiger partial charge in [0.25, 0.3) is 5.91 Å². The molecule has 7 nitrogen and oxygen atoms in total. The molecule has 1 amide bonds. The summed E-state index contributed by atoms with van der Waals surface area (Å²) in [5, 5.41) is 5.58. The predicted octanol–water partition coefficient (Wildman–Crippen LogP) is 5.14. The first-order valence-corrected chi connectivity index (χ1v) is 15.6. The van der Waals surface area contributed by atoms with Crippen molar-refractivity contribution < 1.29 is 13.2 Å². The van der Waals surface area contributed by atoms with Gasteiger partial charge < -0.3 is 10.2 Å². The Labute approximate surface area is 224 Å². The standard InChI is InChI=1S/C28H38N4O3S2/c1-4-5-12-30-37(34,35)22-9-10-25-23(16-22)24(17-26(31-25)27-8-6-14-36-27)28(33)29-11-7-13-32-18-20(2)15-21(3)19-32/h6,8-10,14,16-17,20-21,30H,4-5,7,11-13,15,18-19H2,1-3H3,(H,29,33). The smallest absolute Gasteiger partial charge is 0.252 e. The lowest BCUT2D eigenvalue weighted by atomic mass is 9.92. The van der Waals surface area contributed by atoms with Crippen LogP contribution in [0.4, 0.5) is 0 Å². The maximum absolute atomic E-state index is 13.4. The van der Waals surface area contributed by atoms with Gasteiger partial charge in [-0.2, -0.15) is 0 Å². The molecule has 37 heavy (non-hydrogen) atoms. The van der Waals surface area contributed by atoms with Crippen LogP contribution in [0.2, 0.25) is 0 Å². The van der Waals surface area contributed by atoms with Crippen molar-refractivity contribution in [3.63, 3.8) is 0 Å². The maximum atomic E-state index is 13.4. The van der Waals surface area contributed by atoms with Crippen LogP contribution in [0.25, 0.3) is 21.5 Å². The molecule has 1 fully saturated rings. The van der Waals surface area contributed by atoms with E-state index in [2.05, 4.69) is 28.8 Å². The van der Waals surface area contributed by atoms with Gasteiger partial charge in [0.15, 0.2) is 0 Å². The fourth-order valence-corrected chi connectivity index (χ4v) is 6.94. The molecule has 0 aliphatic carbocycles. The number of benzene rings is 1.